The summed E-state index contributed by atoms with van der Waals surface area (Å²) in [6, 6.07) is 10.0. The molecule has 0 radical (unpaired) electrons. The maximum absolute atomic E-state index is 12.5. The highest BCUT2D eigenvalue weighted by atomic mass is 35.5. The minimum atomic E-state index is -0.664. The third-order valence-electron chi connectivity index (χ3n) is 4.95. The zero-order valence-corrected chi connectivity index (χ0v) is 12.9. The van der Waals surface area contributed by atoms with Gasteiger partial charge in [0.25, 0.3) is 0 Å². The van der Waals surface area contributed by atoms with Gasteiger partial charge < -0.3 is 5.32 Å². The van der Waals surface area contributed by atoms with Crippen LogP contribution in [0.15, 0.2) is 53.2 Å². The number of nitrogens with one attached hydrogen (secondary N) is 1. The fourth-order valence-corrected chi connectivity index (χ4v) is 4.95. The maximum Gasteiger partial charge on any atom is 0.181 e. The van der Waals surface area contributed by atoms with Crippen LogP contribution in [0.3, 0.4) is 0 Å². The molecule has 0 heterocycles. The van der Waals surface area contributed by atoms with E-state index in [0.29, 0.717) is 11.6 Å². The predicted octanol–water partition coefficient (Wildman–Crippen LogP) is 3.61. The molecule has 1 saturated carbocycles. The monoisotopic (exact) mass is 319 g/mol. The lowest BCUT2D eigenvalue weighted by Crippen LogP contribution is -2.40. The molecule has 0 saturated heterocycles. The average Bonchev–Trinajstić information content (AvgIpc) is 3.12. The zero-order chi connectivity index (χ0) is 14.6. The van der Waals surface area contributed by atoms with E-state index < -0.39 is 4.87 Å². The molecular weight excluding hydrogens is 305 g/mol. The van der Waals surface area contributed by atoms with Gasteiger partial charge in [0.2, 0.25) is 0 Å². The smallest absolute Gasteiger partial charge is 0.181 e. The number of carbonyl (C=O) groups is 1. The SMILES string of the molecule is O=C1C(Cl)=C(NCc2ccccc2)[C@]2(Cl)[C@H]1[C@@H]1C=C[C@H]2C1. The van der Waals surface area contributed by atoms with Gasteiger partial charge in [-0.15, -0.1) is 11.6 Å². The van der Waals surface area contributed by atoms with E-state index in [1.54, 1.807) is 0 Å². The van der Waals surface area contributed by atoms with Gasteiger partial charge in [0.1, 0.15) is 9.91 Å². The number of hydrogen-bond acceptors (Lipinski definition) is 2. The summed E-state index contributed by atoms with van der Waals surface area (Å²) in [5, 5.41) is 3.63. The van der Waals surface area contributed by atoms with Gasteiger partial charge in [0.15, 0.2) is 5.78 Å². The topological polar surface area (TPSA) is 29.1 Å². The third-order valence-corrected chi connectivity index (χ3v) is 6.03. The van der Waals surface area contributed by atoms with Crippen molar-refractivity contribution in [3.63, 3.8) is 0 Å². The van der Waals surface area contributed by atoms with Crippen molar-refractivity contribution >= 4 is 29.0 Å². The van der Waals surface area contributed by atoms with E-state index in [4.69, 9.17) is 23.2 Å². The van der Waals surface area contributed by atoms with Gasteiger partial charge in [-0.3, -0.25) is 4.79 Å². The van der Waals surface area contributed by atoms with Crippen molar-refractivity contribution < 1.29 is 4.79 Å². The van der Waals surface area contributed by atoms with Crippen molar-refractivity contribution in [3.05, 3.63) is 58.8 Å². The minimum absolute atomic E-state index is 0.000853. The number of halogens is 2. The summed E-state index contributed by atoms with van der Waals surface area (Å²) in [6.45, 7) is 0.627. The molecule has 0 unspecified atom stereocenters. The lowest BCUT2D eigenvalue weighted by Gasteiger charge is -2.32. The van der Waals surface area contributed by atoms with E-state index in [1.165, 1.54) is 0 Å². The number of benzene rings is 1. The maximum atomic E-state index is 12.5. The third kappa shape index (κ3) is 1.75. The number of carbonyl (C=O) groups excluding carboxylic acids is 1. The number of alkyl halides is 1. The van der Waals surface area contributed by atoms with Gasteiger partial charge in [-0.1, -0.05) is 54.1 Å². The quantitative estimate of drug-likeness (QED) is 0.681. The minimum Gasteiger partial charge on any atom is -0.381 e. The normalized spacial score (nSPS) is 36.5. The van der Waals surface area contributed by atoms with Gasteiger partial charge in [0, 0.05) is 12.5 Å². The Balaban J connectivity index is 1.64. The molecule has 1 N–H and O–H groups in total. The van der Waals surface area contributed by atoms with E-state index in [-0.39, 0.29) is 23.5 Å². The number of allylic oxidation sites excluding steroid dienone is 4. The summed E-state index contributed by atoms with van der Waals surface area (Å²) in [4.78, 5) is 11.8. The predicted molar refractivity (Wildman–Crippen MR) is 84.0 cm³/mol. The Morgan fingerprint density at radius 1 is 1.24 bits per heavy atom. The van der Waals surface area contributed by atoms with Gasteiger partial charge in [0.05, 0.1) is 11.6 Å². The number of hydrogen-bond donors (Lipinski definition) is 1. The zero-order valence-electron chi connectivity index (χ0n) is 11.4. The van der Waals surface area contributed by atoms with E-state index in [0.717, 1.165) is 17.7 Å². The first-order valence-electron chi connectivity index (χ1n) is 7.22. The summed E-state index contributed by atoms with van der Waals surface area (Å²) < 4.78 is 0. The second kappa shape index (κ2) is 4.62. The van der Waals surface area contributed by atoms with Crippen molar-refractivity contribution in [2.75, 3.05) is 0 Å². The first-order valence-corrected chi connectivity index (χ1v) is 7.97. The Kier molecular flexibility index (Phi) is 2.95. The molecule has 108 valence electrons. The van der Waals surface area contributed by atoms with Crippen LogP contribution in [0.25, 0.3) is 0 Å². The second-order valence-corrected chi connectivity index (χ2v) is 7.03. The Labute approximate surface area is 133 Å². The van der Waals surface area contributed by atoms with E-state index in [1.807, 2.05) is 30.3 Å². The van der Waals surface area contributed by atoms with Crippen molar-refractivity contribution in [2.45, 2.75) is 17.8 Å². The molecule has 0 aliphatic heterocycles. The lowest BCUT2D eigenvalue weighted by atomic mass is 9.83. The van der Waals surface area contributed by atoms with Gasteiger partial charge in [-0.2, -0.15) is 0 Å². The van der Waals surface area contributed by atoms with Crippen LogP contribution < -0.4 is 5.32 Å². The Morgan fingerprint density at radius 3 is 2.76 bits per heavy atom. The number of fused-ring (bicyclic) bond motifs is 5. The number of rotatable bonds is 3. The van der Waals surface area contributed by atoms with E-state index in [2.05, 4.69) is 17.5 Å². The summed E-state index contributed by atoms with van der Waals surface area (Å²) >= 11 is 13.2. The molecule has 21 heavy (non-hydrogen) atoms. The van der Waals surface area contributed by atoms with Gasteiger partial charge >= 0.3 is 0 Å². The molecule has 4 heteroatoms. The van der Waals surface area contributed by atoms with Gasteiger partial charge in [-0.25, -0.2) is 0 Å². The highest BCUT2D eigenvalue weighted by Crippen LogP contribution is 2.61. The summed E-state index contributed by atoms with van der Waals surface area (Å²) in [7, 11) is 0. The van der Waals surface area contributed by atoms with Crippen LogP contribution in [-0.4, -0.2) is 10.7 Å². The Morgan fingerprint density at radius 2 is 2.00 bits per heavy atom. The number of ketones is 1. The van der Waals surface area contributed by atoms with Crippen LogP contribution in [0.4, 0.5) is 0 Å². The molecule has 1 aromatic rings. The first-order chi connectivity index (χ1) is 10.1. The number of Topliss-reactive ketones (excluding diaryl/α,β-unsaturated/α-hetero) is 1. The van der Waals surface area contributed by atoms with Gasteiger partial charge in [-0.05, 0) is 17.9 Å². The standard InChI is InChI=1S/C17H15Cl2NO/c18-14-15(21)13-11-6-7-12(8-11)17(13,19)16(14)20-9-10-4-2-1-3-5-10/h1-7,11-13,20H,8-9H2/t11-,12+,13+,17-/m1/s1. The largest absolute Gasteiger partial charge is 0.381 e. The fraction of sp³-hybridized carbons (Fsp3) is 0.353. The van der Waals surface area contributed by atoms with Crippen LogP contribution in [-0.2, 0) is 11.3 Å². The molecule has 3 aliphatic rings. The highest BCUT2D eigenvalue weighted by Gasteiger charge is 2.64. The van der Waals surface area contributed by atoms with E-state index in [9.17, 15) is 4.79 Å². The Bertz CT molecular complexity index is 667. The molecule has 1 aromatic carbocycles. The van der Waals surface area contributed by atoms with Crippen molar-refractivity contribution in [2.24, 2.45) is 17.8 Å². The lowest BCUT2D eigenvalue weighted by molar-refractivity contribution is -0.118. The van der Waals surface area contributed by atoms with Crippen LogP contribution in [0.5, 0.6) is 0 Å². The molecule has 4 atom stereocenters. The highest BCUT2D eigenvalue weighted by molar-refractivity contribution is 6.47. The molecule has 2 bridgehead atoms. The molecule has 0 aromatic heterocycles. The molecule has 4 rings (SSSR count). The summed E-state index contributed by atoms with van der Waals surface area (Å²) in [5.74, 6) is 0.247. The summed E-state index contributed by atoms with van der Waals surface area (Å²) in [6.07, 6.45) is 5.22. The second-order valence-electron chi connectivity index (χ2n) is 6.03. The van der Waals surface area contributed by atoms with Crippen molar-refractivity contribution in [3.8, 4) is 0 Å². The molecule has 2 nitrogen and oxygen atoms in total. The van der Waals surface area contributed by atoms with Crippen molar-refractivity contribution in [1.29, 1.82) is 0 Å². The van der Waals surface area contributed by atoms with Crippen LogP contribution in [0.1, 0.15) is 12.0 Å². The first kappa shape index (κ1) is 13.4. The molecule has 1 fully saturated rings. The van der Waals surface area contributed by atoms with Crippen molar-refractivity contribution in [1.82, 2.24) is 5.32 Å². The van der Waals surface area contributed by atoms with Crippen LogP contribution in [0, 0.1) is 17.8 Å². The van der Waals surface area contributed by atoms with E-state index >= 15 is 0 Å². The fourth-order valence-electron chi connectivity index (χ4n) is 3.98. The van der Waals surface area contributed by atoms with Crippen LogP contribution in [0.2, 0.25) is 0 Å². The summed E-state index contributed by atoms with van der Waals surface area (Å²) in [5.41, 5.74) is 1.87. The molecular formula is C17H15Cl2NO. The average molecular weight is 320 g/mol. The Hall–Kier alpha value is -1.25. The molecule has 0 amide bonds. The molecule has 0 spiro atoms. The van der Waals surface area contributed by atoms with Crippen LogP contribution >= 0.6 is 23.2 Å². The molecule has 3 aliphatic carbocycles.